The van der Waals surface area contributed by atoms with Gasteiger partial charge in [-0.3, -0.25) is 0 Å². The van der Waals surface area contributed by atoms with Gasteiger partial charge in [0.2, 0.25) is 0 Å². The van der Waals surface area contributed by atoms with Gasteiger partial charge in [0.25, 0.3) is 0 Å². The summed E-state index contributed by atoms with van der Waals surface area (Å²) < 4.78 is 0. The molecular formula is C13H25N. The smallest absolute Gasteiger partial charge is 0.00953 e. The van der Waals surface area contributed by atoms with Crippen LogP contribution in [-0.4, -0.2) is 24.0 Å². The molecule has 2 fully saturated rings. The highest BCUT2D eigenvalue weighted by atomic mass is 15.2. The van der Waals surface area contributed by atoms with Crippen molar-refractivity contribution in [3.63, 3.8) is 0 Å². The monoisotopic (exact) mass is 195 g/mol. The first-order chi connectivity index (χ1) is 6.57. The molecule has 1 aliphatic heterocycles. The summed E-state index contributed by atoms with van der Waals surface area (Å²) >= 11 is 0. The number of nitrogens with zero attached hydrogens (tertiary/aromatic N) is 1. The van der Waals surface area contributed by atoms with Gasteiger partial charge in [-0.15, -0.1) is 0 Å². The molecule has 1 saturated heterocycles. The second kappa shape index (κ2) is 3.84. The Kier molecular flexibility index (Phi) is 2.88. The fourth-order valence-electron chi connectivity index (χ4n) is 3.10. The van der Waals surface area contributed by atoms with E-state index in [2.05, 4.69) is 25.7 Å². The third-order valence-electron chi connectivity index (χ3n) is 4.29. The van der Waals surface area contributed by atoms with Crippen LogP contribution in [0.5, 0.6) is 0 Å². The number of hydrogen-bond donors (Lipinski definition) is 0. The molecule has 0 aromatic carbocycles. The molecule has 2 aliphatic rings. The van der Waals surface area contributed by atoms with Crippen LogP contribution in [-0.2, 0) is 0 Å². The third kappa shape index (κ3) is 2.13. The van der Waals surface area contributed by atoms with Crippen molar-refractivity contribution in [2.75, 3.05) is 13.1 Å². The molecule has 1 heteroatoms. The van der Waals surface area contributed by atoms with Crippen LogP contribution in [0.2, 0.25) is 0 Å². The van der Waals surface area contributed by atoms with Crippen molar-refractivity contribution in [3.8, 4) is 0 Å². The van der Waals surface area contributed by atoms with Crippen molar-refractivity contribution >= 4 is 0 Å². The zero-order chi connectivity index (χ0) is 10.2. The Labute approximate surface area is 88.9 Å². The van der Waals surface area contributed by atoms with Crippen molar-refractivity contribution in [1.29, 1.82) is 0 Å². The first-order valence-electron chi connectivity index (χ1n) is 6.31. The molecule has 1 aliphatic carbocycles. The van der Waals surface area contributed by atoms with Crippen LogP contribution in [0.25, 0.3) is 0 Å². The van der Waals surface area contributed by atoms with Gasteiger partial charge < -0.3 is 4.90 Å². The zero-order valence-electron chi connectivity index (χ0n) is 10.1. The predicted molar refractivity (Wildman–Crippen MR) is 61.4 cm³/mol. The van der Waals surface area contributed by atoms with Gasteiger partial charge in [0.05, 0.1) is 0 Å². The van der Waals surface area contributed by atoms with E-state index in [1.165, 1.54) is 45.2 Å². The Morgan fingerprint density at radius 2 is 1.64 bits per heavy atom. The molecule has 0 aromatic rings. The number of rotatable bonds is 1. The summed E-state index contributed by atoms with van der Waals surface area (Å²) in [5, 5.41) is 0. The van der Waals surface area contributed by atoms with Gasteiger partial charge in [0, 0.05) is 12.6 Å². The molecule has 2 rings (SSSR count). The summed E-state index contributed by atoms with van der Waals surface area (Å²) in [6.45, 7) is 9.93. The van der Waals surface area contributed by atoms with Crippen LogP contribution >= 0.6 is 0 Å². The van der Waals surface area contributed by atoms with E-state index in [9.17, 15) is 0 Å². The average molecular weight is 195 g/mol. The normalized spacial score (nSPS) is 31.5. The Bertz CT molecular complexity index is 186. The molecule has 1 saturated carbocycles. The Morgan fingerprint density at radius 1 is 1.00 bits per heavy atom. The van der Waals surface area contributed by atoms with Crippen LogP contribution in [0.15, 0.2) is 0 Å². The van der Waals surface area contributed by atoms with Crippen LogP contribution in [0, 0.1) is 11.3 Å². The standard InChI is InChI=1S/C13H25N/c1-13(2,3)11-8-9-14(10-11)12-6-4-5-7-12/h11-12H,4-10H2,1-3H3. The molecule has 1 atom stereocenters. The van der Waals surface area contributed by atoms with Gasteiger partial charge >= 0.3 is 0 Å². The van der Waals surface area contributed by atoms with E-state index in [0.29, 0.717) is 5.41 Å². The van der Waals surface area contributed by atoms with E-state index >= 15 is 0 Å². The molecule has 0 radical (unpaired) electrons. The summed E-state index contributed by atoms with van der Waals surface area (Å²) in [5.41, 5.74) is 0.521. The molecule has 0 N–H and O–H groups in total. The quantitative estimate of drug-likeness (QED) is 0.620. The van der Waals surface area contributed by atoms with Gasteiger partial charge in [0.1, 0.15) is 0 Å². The third-order valence-corrected chi connectivity index (χ3v) is 4.29. The Balaban J connectivity index is 1.88. The topological polar surface area (TPSA) is 3.24 Å². The van der Waals surface area contributed by atoms with Crippen LogP contribution in [0.3, 0.4) is 0 Å². The maximum absolute atomic E-state index is 2.77. The number of likely N-dealkylation sites (tertiary alicyclic amines) is 1. The van der Waals surface area contributed by atoms with Crippen LogP contribution in [0.1, 0.15) is 52.9 Å². The summed E-state index contributed by atoms with van der Waals surface area (Å²) in [7, 11) is 0. The van der Waals surface area contributed by atoms with Gasteiger partial charge in [-0.2, -0.15) is 0 Å². The van der Waals surface area contributed by atoms with Crippen LogP contribution < -0.4 is 0 Å². The highest BCUT2D eigenvalue weighted by Gasteiger charge is 2.35. The largest absolute Gasteiger partial charge is 0.300 e. The van der Waals surface area contributed by atoms with Crippen molar-refractivity contribution < 1.29 is 0 Å². The lowest BCUT2D eigenvalue weighted by Crippen LogP contribution is -2.32. The van der Waals surface area contributed by atoms with Crippen molar-refractivity contribution in [3.05, 3.63) is 0 Å². The molecule has 1 nitrogen and oxygen atoms in total. The summed E-state index contributed by atoms with van der Waals surface area (Å²) in [6.07, 6.45) is 7.32. The van der Waals surface area contributed by atoms with Crippen molar-refractivity contribution in [1.82, 2.24) is 4.90 Å². The molecule has 14 heavy (non-hydrogen) atoms. The zero-order valence-corrected chi connectivity index (χ0v) is 10.1. The first-order valence-corrected chi connectivity index (χ1v) is 6.31. The molecule has 0 amide bonds. The van der Waals surface area contributed by atoms with E-state index in [1.807, 2.05) is 0 Å². The molecule has 82 valence electrons. The molecule has 1 heterocycles. The van der Waals surface area contributed by atoms with Gasteiger partial charge in [-0.25, -0.2) is 0 Å². The number of hydrogen-bond acceptors (Lipinski definition) is 1. The van der Waals surface area contributed by atoms with Crippen LogP contribution in [0.4, 0.5) is 0 Å². The first kappa shape index (κ1) is 10.5. The minimum absolute atomic E-state index is 0.521. The maximum Gasteiger partial charge on any atom is 0.00953 e. The lowest BCUT2D eigenvalue weighted by molar-refractivity contribution is 0.196. The predicted octanol–water partition coefficient (Wildman–Crippen LogP) is 3.30. The van der Waals surface area contributed by atoms with E-state index in [0.717, 1.165) is 12.0 Å². The summed E-state index contributed by atoms with van der Waals surface area (Å²) in [5.74, 6) is 0.933. The highest BCUT2D eigenvalue weighted by Crippen LogP contribution is 2.36. The Morgan fingerprint density at radius 3 is 2.14 bits per heavy atom. The summed E-state index contributed by atoms with van der Waals surface area (Å²) in [4.78, 5) is 2.77. The minimum atomic E-state index is 0.521. The molecule has 1 unspecified atom stereocenters. The van der Waals surface area contributed by atoms with Crippen molar-refractivity contribution in [2.45, 2.75) is 58.9 Å². The van der Waals surface area contributed by atoms with Crippen molar-refractivity contribution in [2.24, 2.45) is 11.3 Å². The van der Waals surface area contributed by atoms with Gasteiger partial charge in [-0.1, -0.05) is 33.6 Å². The van der Waals surface area contributed by atoms with E-state index in [-0.39, 0.29) is 0 Å². The van der Waals surface area contributed by atoms with E-state index < -0.39 is 0 Å². The fourth-order valence-corrected chi connectivity index (χ4v) is 3.10. The second-order valence-electron chi connectivity index (χ2n) is 6.28. The SMILES string of the molecule is CC(C)(C)C1CCN(C2CCCC2)C1. The second-order valence-corrected chi connectivity index (χ2v) is 6.28. The minimum Gasteiger partial charge on any atom is -0.300 e. The molecule has 0 spiro atoms. The molecule has 0 aromatic heterocycles. The lowest BCUT2D eigenvalue weighted by Gasteiger charge is -2.29. The summed E-state index contributed by atoms with van der Waals surface area (Å²) in [6, 6.07) is 0.947. The highest BCUT2D eigenvalue weighted by molar-refractivity contribution is 4.88. The van der Waals surface area contributed by atoms with E-state index in [4.69, 9.17) is 0 Å². The van der Waals surface area contributed by atoms with Gasteiger partial charge in [0.15, 0.2) is 0 Å². The molecule has 0 bridgehead atoms. The lowest BCUT2D eigenvalue weighted by atomic mass is 9.80. The molecular weight excluding hydrogens is 170 g/mol. The average Bonchev–Trinajstić information content (AvgIpc) is 2.73. The maximum atomic E-state index is 2.77. The van der Waals surface area contributed by atoms with E-state index in [1.54, 1.807) is 0 Å². The fraction of sp³-hybridized carbons (Fsp3) is 1.00. The Hall–Kier alpha value is -0.0400. The van der Waals surface area contributed by atoms with Gasteiger partial charge in [-0.05, 0) is 37.1 Å².